The van der Waals surface area contributed by atoms with Crippen LogP contribution in [0.2, 0.25) is 5.02 Å². The Morgan fingerprint density at radius 2 is 1.70 bits per heavy atom. The van der Waals surface area contributed by atoms with E-state index in [1.54, 1.807) is 30.3 Å². The first-order valence-electron chi connectivity index (χ1n) is 10.6. The largest absolute Gasteiger partial charge is 0.493 e. The van der Waals surface area contributed by atoms with Gasteiger partial charge in [0.15, 0.2) is 11.5 Å². The Labute approximate surface area is 219 Å². The lowest BCUT2D eigenvalue weighted by Crippen LogP contribution is -2.32. The first kappa shape index (κ1) is 25.5. The van der Waals surface area contributed by atoms with Crippen molar-refractivity contribution in [3.05, 3.63) is 88.9 Å². The average molecular weight is 536 g/mol. The number of methoxy groups -OCH3 is 1. The van der Waals surface area contributed by atoms with Crippen LogP contribution in [0.3, 0.4) is 0 Å². The zero-order valence-electron chi connectivity index (χ0n) is 19.2. The molecular formula is C25H18ClN5O5S. The van der Waals surface area contributed by atoms with Crippen LogP contribution in [-0.2, 0) is 9.59 Å². The van der Waals surface area contributed by atoms with Crippen LogP contribution in [0.25, 0.3) is 10.6 Å². The van der Waals surface area contributed by atoms with E-state index in [-0.39, 0.29) is 27.2 Å². The number of hydrogen-bond donors (Lipinski definition) is 2. The second kappa shape index (κ2) is 11.9. The highest BCUT2D eigenvalue weighted by Crippen LogP contribution is 2.29. The molecule has 1 aromatic heterocycles. The van der Waals surface area contributed by atoms with Gasteiger partial charge >= 0.3 is 17.8 Å². The fraction of sp³-hybridized carbons (Fsp3) is 0.0400. The summed E-state index contributed by atoms with van der Waals surface area (Å²) in [6, 6.07) is 20.4. The summed E-state index contributed by atoms with van der Waals surface area (Å²) in [5.41, 5.74) is 3.70. The maximum atomic E-state index is 12.4. The van der Waals surface area contributed by atoms with Gasteiger partial charge in [-0.15, -0.1) is 10.2 Å². The number of nitrogens with zero attached hydrogens (tertiary/aromatic N) is 3. The number of nitrogens with one attached hydrogen (secondary N) is 2. The zero-order chi connectivity index (χ0) is 26.2. The Balaban J connectivity index is 1.34. The number of anilines is 1. The molecule has 0 aliphatic heterocycles. The van der Waals surface area contributed by atoms with Crippen molar-refractivity contribution in [1.82, 2.24) is 15.6 Å². The number of benzene rings is 3. The molecule has 186 valence electrons. The van der Waals surface area contributed by atoms with E-state index < -0.39 is 17.8 Å². The summed E-state index contributed by atoms with van der Waals surface area (Å²) in [7, 11) is 1.41. The molecule has 0 bridgehead atoms. The van der Waals surface area contributed by atoms with E-state index in [9.17, 15) is 14.4 Å². The van der Waals surface area contributed by atoms with Crippen LogP contribution in [0, 0.1) is 0 Å². The molecule has 4 rings (SSSR count). The summed E-state index contributed by atoms with van der Waals surface area (Å²) in [5.74, 6) is -2.17. The summed E-state index contributed by atoms with van der Waals surface area (Å²) >= 11 is 7.17. The third kappa shape index (κ3) is 6.54. The molecule has 2 N–H and O–H groups in total. The molecule has 3 aromatic carbocycles. The van der Waals surface area contributed by atoms with Gasteiger partial charge in [0.2, 0.25) is 5.13 Å². The Kier molecular flexibility index (Phi) is 8.18. The molecule has 12 heteroatoms. The number of aromatic nitrogens is 2. The lowest BCUT2D eigenvalue weighted by Gasteiger charge is -2.10. The van der Waals surface area contributed by atoms with Crippen LogP contribution in [0.15, 0.2) is 77.9 Å². The number of esters is 1. The summed E-state index contributed by atoms with van der Waals surface area (Å²) < 4.78 is 10.7. The van der Waals surface area contributed by atoms with E-state index >= 15 is 0 Å². The number of rotatable bonds is 7. The van der Waals surface area contributed by atoms with Gasteiger partial charge in [0, 0.05) is 5.56 Å². The van der Waals surface area contributed by atoms with Crippen molar-refractivity contribution < 1.29 is 23.9 Å². The van der Waals surface area contributed by atoms with Gasteiger partial charge in [-0.3, -0.25) is 14.9 Å². The van der Waals surface area contributed by atoms with Gasteiger partial charge in [-0.1, -0.05) is 65.4 Å². The van der Waals surface area contributed by atoms with Crippen LogP contribution in [0.4, 0.5) is 5.13 Å². The molecule has 0 atom stereocenters. The summed E-state index contributed by atoms with van der Waals surface area (Å²) in [5, 5.41) is 15.1. The molecule has 4 aromatic rings. The van der Waals surface area contributed by atoms with Crippen LogP contribution < -0.4 is 20.2 Å². The lowest BCUT2D eigenvalue weighted by molar-refractivity contribution is -0.136. The Hall–Kier alpha value is -4.61. The third-order valence-electron chi connectivity index (χ3n) is 4.74. The second-order valence-electron chi connectivity index (χ2n) is 7.21. The average Bonchev–Trinajstić information content (AvgIpc) is 3.38. The van der Waals surface area contributed by atoms with E-state index in [1.807, 2.05) is 30.3 Å². The lowest BCUT2D eigenvalue weighted by atomic mass is 10.2. The van der Waals surface area contributed by atoms with Crippen LogP contribution >= 0.6 is 22.9 Å². The fourth-order valence-electron chi connectivity index (χ4n) is 2.97. The van der Waals surface area contributed by atoms with Crippen LogP contribution in [-0.4, -0.2) is 41.3 Å². The monoisotopic (exact) mass is 535 g/mol. The maximum Gasteiger partial charge on any atom is 0.345 e. The van der Waals surface area contributed by atoms with Crippen LogP contribution in [0.5, 0.6) is 11.5 Å². The molecule has 0 unspecified atom stereocenters. The smallest absolute Gasteiger partial charge is 0.345 e. The van der Waals surface area contributed by atoms with Crippen molar-refractivity contribution in [3.63, 3.8) is 0 Å². The zero-order valence-corrected chi connectivity index (χ0v) is 20.7. The minimum Gasteiger partial charge on any atom is -0.493 e. The van der Waals surface area contributed by atoms with Gasteiger partial charge in [0.1, 0.15) is 5.01 Å². The Morgan fingerprint density at radius 1 is 0.946 bits per heavy atom. The highest BCUT2D eigenvalue weighted by Gasteiger charge is 2.17. The summed E-state index contributed by atoms with van der Waals surface area (Å²) in [4.78, 5) is 36.7. The third-order valence-corrected chi connectivity index (χ3v) is 5.95. The molecule has 37 heavy (non-hydrogen) atoms. The highest BCUT2D eigenvalue weighted by molar-refractivity contribution is 7.18. The van der Waals surface area contributed by atoms with Gasteiger partial charge in [0.05, 0.1) is 23.9 Å². The molecular weight excluding hydrogens is 518 g/mol. The minimum absolute atomic E-state index is 0.167. The molecule has 0 saturated heterocycles. The van der Waals surface area contributed by atoms with E-state index in [0.29, 0.717) is 10.6 Å². The molecule has 0 fully saturated rings. The molecule has 0 aliphatic carbocycles. The topological polar surface area (TPSA) is 132 Å². The van der Waals surface area contributed by atoms with E-state index in [2.05, 4.69) is 26.0 Å². The van der Waals surface area contributed by atoms with Crippen molar-refractivity contribution in [2.24, 2.45) is 5.10 Å². The number of amides is 2. The number of halogens is 1. The predicted octanol–water partition coefficient (Wildman–Crippen LogP) is 4.18. The summed E-state index contributed by atoms with van der Waals surface area (Å²) in [6.07, 6.45) is 1.30. The van der Waals surface area contributed by atoms with Crippen molar-refractivity contribution in [1.29, 1.82) is 0 Å². The first-order valence-corrected chi connectivity index (χ1v) is 11.8. The highest BCUT2D eigenvalue weighted by atomic mass is 35.5. The minimum atomic E-state index is -0.995. The van der Waals surface area contributed by atoms with E-state index in [0.717, 1.165) is 16.9 Å². The normalized spacial score (nSPS) is 10.6. The maximum absolute atomic E-state index is 12.4. The molecule has 0 spiro atoms. The van der Waals surface area contributed by atoms with Crippen molar-refractivity contribution in [2.75, 3.05) is 12.4 Å². The number of hydrogen-bond acceptors (Lipinski definition) is 9. The molecule has 0 saturated carbocycles. The van der Waals surface area contributed by atoms with Crippen LogP contribution in [0.1, 0.15) is 15.9 Å². The van der Waals surface area contributed by atoms with Gasteiger partial charge in [-0.25, -0.2) is 10.2 Å². The fourth-order valence-corrected chi connectivity index (χ4v) is 3.93. The second-order valence-corrected chi connectivity index (χ2v) is 8.60. The number of ether oxygens (including phenoxy) is 2. The van der Waals surface area contributed by atoms with Gasteiger partial charge in [0.25, 0.3) is 0 Å². The molecule has 1 heterocycles. The predicted molar refractivity (Wildman–Crippen MR) is 139 cm³/mol. The van der Waals surface area contributed by atoms with Crippen molar-refractivity contribution >= 4 is 52.1 Å². The Bertz CT molecular complexity index is 1480. The first-order chi connectivity index (χ1) is 17.9. The van der Waals surface area contributed by atoms with Gasteiger partial charge in [-0.05, 0) is 35.9 Å². The van der Waals surface area contributed by atoms with E-state index in [4.69, 9.17) is 21.1 Å². The number of carbonyl (C=O) groups is 3. The quantitative estimate of drug-likeness (QED) is 0.119. The standard InChI is InChI=1S/C25H18ClN5O5S/c1-35-20-13-15(11-12-19(20)36-24(34)17-9-5-6-10-18(17)26)14-27-29-22(33)21(32)28-25-31-30-23(37-25)16-7-3-2-4-8-16/h2-14H,1H3,(H,29,33)(H,28,31,32)/b27-14-. The van der Waals surface area contributed by atoms with Gasteiger partial charge < -0.3 is 9.47 Å². The summed E-state index contributed by atoms with van der Waals surface area (Å²) in [6.45, 7) is 0. The number of hydrazone groups is 1. The van der Waals surface area contributed by atoms with E-state index in [1.165, 1.54) is 25.5 Å². The number of carbonyl (C=O) groups excluding carboxylic acids is 3. The SMILES string of the molecule is COc1cc(/C=N\NC(=O)C(=O)Nc2nnc(-c3ccccc3)s2)ccc1OC(=O)c1ccccc1Cl. The van der Waals surface area contributed by atoms with Crippen molar-refractivity contribution in [2.45, 2.75) is 0 Å². The molecule has 0 radical (unpaired) electrons. The molecule has 2 amide bonds. The Morgan fingerprint density at radius 3 is 2.46 bits per heavy atom. The van der Waals surface area contributed by atoms with Crippen molar-refractivity contribution in [3.8, 4) is 22.1 Å². The molecule has 10 nitrogen and oxygen atoms in total. The van der Waals surface area contributed by atoms with Gasteiger partial charge in [-0.2, -0.15) is 5.10 Å². The molecule has 0 aliphatic rings.